The third kappa shape index (κ3) is 2.53. The van der Waals surface area contributed by atoms with Crippen LogP contribution in [0.15, 0.2) is 115 Å². The van der Waals surface area contributed by atoms with Crippen LogP contribution in [0, 0.1) is 5.92 Å². The smallest absolute Gasteiger partial charge is 0.0156 e. The zero-order valence-corrected chi connectivity index (χ0v) is 24.5. The molecular formula is C42H32. The maximum Gasteiger partial charge on any atom is 0.0156 e. The van der Waals surface area contributed by atoms with Crippen LogP contribution in [-0.4, -0.2) is 0 Å². The van der Waals surface area contributed by atoms with Gasteiger partial charge < -0.3 is 0 Å². The monoisotopic (exact) mass is 536 g/mol. The van der Waals surface area contributed by atoms with E-state index in [0.717, 1.165) is 0 Å². The van der Waals surface area contributed by atoms with Gasteiger partial charge in [-0.05, 0) is 105 Å². The van der Waals surface area contributed by atoms with Gasteiger partial charge >= 0.3 is 0 Å². The first-order valence-corrected chi connectivity index (χ1v) is 15.5. The van der Waals surface area contributed by atoms with E-state index < -0.39 is 0 Å². The van der Waals surface area contributed by atoms with Crippen LogP contribution in [0.4, 0.5) is 0 Å². The van der Waals surface area contributed by atoms with Crippen LogP contribution in [0.25, 0.3) is 59.4 Å². The lowest BCUT2D eigenvalue weighted by Crippen LogP contribution is -2.27. The molecule has 2 atom stereocenters. The van der Waals surface area contributed by atoms with Gasteiger partial charge in [0.25, 0.3) is 0 Å². The lowest BCUT2D eigenvalue weighted by atomic mass is 9.69. The summed E-state index contributed by atoms with van der Waals surface area (Å²) in [6.45, 7) is 9.91. The molecule has 0 radical (unpaired) electrons. The summed E-state index contributed by atoms with van der Waals surface area (Å²) in [4.78, 5) is 0. The quantitative estimate of drug-likeness (QED) is 0.169. The van der Waals surface area contributed by atoms with Crippen molar-refractivity contribution in [2.45, 2.75) is 44.4 Å². The normalized spacial score (nSPS) is 21.5. The zero-order chi connectivity index (χ0) is 28.1. The molecule has 0 fully saturated rings. The van der Waals surface area contributed by atoms with Gasteiger partial charge in [0.05, 0.1) is 0 Å². The van der Waals surface area contributed by atoms with Crippen LogP contribution in [0.5, 0.6) is 0 Å². The third-order valence-electron chi connectivity index (χ3n) is 11.4. The van der Waals surface area contributed by atoms with Crippen molar-refractivity contribution >= 4 is 59.4 Å². The standard InChI is InChI=1S/C42H32/c1-41(2)33-22-32-34(42(3,4)40-29-15-8-6-13-27(29)26-12-5-7-14-28(26)39(32)40)21-31(33)38-30-19-18-24-11-9-10-23-16-17-25(20-35(38)41)37(30)36(23)24/h5-22,32,34H,1-4H3. The largest absolute Gasteiger partial charge is 0.0716 e. The number of hydrogen-bond acceptors (Lipinski definition) is 0. The van der Waals surface area contributed by atoms with Crippen molar-refractivity contribution < 1.29 is 0 Å². The first kappa shape index (κ1) is 23.2. The van der Waals surface area contributed by atoms with E-state index in [1.54, 1.807) is 11.1 Å². The second-order valence-electron chi connectivity index (χ2n) is 14.1. The minimum Gasteiger partial charge on any atom is -0.0716 e. The first-order valence-electron chi connectivity index (χ1n) is 15.5. The average molecular weight is 537 g/mol. The van der Waals surface area contributed by atoms with Crippen LogP contribution >= 0.6 is 0 Å². The second kappa shape index (κ2) is 7.31. The summed E-state index contributed by atoms with van der Waals surface area (Å²) in [5.41, 5.74) is 8.98. The fourth-order valence-electron chi connectivity index (χ4n) is 9.54. The summed E-state index contributed by atoms with van der Waals surface area (Å²) >= 11 is 0. The SMILES string of the molecule is CC1(C)C2=CC3c4c(c5ccccc5c5ccccc45)C(C)(C)C3C=C2c2c1cc1ccc3cccc4ccc2c1c34. The number of benzene rings is 7. The molecule has 42 heavy (non-hydrogen) atoms. The van der Waals surface area contributed by atoms with Crippen LogP contribution in [0.1, 0.15) is 55.9 Å². The number of fused-ring (bicyclic) bond motifs is 12. The van der Waals surface area contributed by atoms with Gasteiger partial charge in [-0.15, -0.1) is 0 Å². The van der Waals surface area contributed by atoms with Gasteiger partial charge in [-0.2, -0.15) is 0 Å². The van der Waals surface area contributed by atoms with Crippen LogP contribution in [0.3, 0.4) is 0 Å². The Hall–Kier alpha value is -4.42. The highest BCUT2D eigenvalue weighted by Gasteiger charge is 2.51. The van der Waals surface area contributed by atoms with Gasteiger partial charge in [0, 0.05) is 11.3 Å². The van der Waals surface area contributed by atoms with Crippen LogP contribution < -0.4 is 0 Å². The molecule has 7 aromatic rings. The molecule has 3 aliphatic carbocycles. The van der Waals surface area contributed by atoms with E-state index >= 15 is 0 Å². The van der Waals surface area contributed by atoms with Crippen molar-refractivity contribution in [1.82, 2.24) is 0 Å². The van der Waals surface area contributed by atoms with Gasteiger partial charge in [0.1, 0.15) is 0 Å². The molecule has 0 heteroatoms. The van der Waals surface area contributed by atoms with Gasteiger partial charge in [-0.3, -0.25) is 0 Å². The molecule has 3 aliphatic rings. The fraction of sp³-hybridized carbons (Fsp3) is 0.190. The van der Waals surface area contributed by atoms with Crippen molar-refractivity contribution in [2.24, 2.45) is 5.92 Å². The van der Waals surface area contributed by atoms with Crippen molar-refractivity contribution in [3.63, 3.8) is 0 Å². The molecule has 7 aromatic carbocycles. The Bertz CT molecular complexity index is 2390. The second-order valence-corrected chi connectivity index (χ2v) is 14.1. The Kier molecular flexibility index (Phi) is 4.04. The average Bonchev–Trinajstić information content (AvgIpc) is 3.38. The van der Waals surface area contributed by atoms with Crippen molar-refractivity contribution in [3.8, 4) is 0 Å². The Morgan fingerprint density at radius 2 is 1.19 bits per heavy atom. The van der Waals surface area contributed by atoms with Gasteiger partial charge in [0.2, 0.25) is 0 Å². The highest BCUT2D eigenvalue weighted by molar-refractivity contribution is 6.26. The summed E-state index contributed by atoms with van der Waals surface area (Å²) in [6, 6.07) is 36.9. The predicted octanol–water partition coefficient (Wildman–Crippen LogP) is 11.2. The molecule has 0 spiro atoms. The molecule has 0 saturated heterocycles. The summed E-state index contributed by atoms with van der Waals surface area (Å²) in [6.07, 6.45) is 5.40. The molecule has 0 aromatic heterocycles. The summed E-state index contributed by atoms with van der Waals surface area (Å²) in [5.74, 6) is 0.770. The molecule has 10 rings (SSSR count). The van der Waals surface area contributed by atoms with E-state index in [1.165, 1.54) is 76.1 Å². The Morgan fingerprint density at radius 3 is 1.95 bits per heavy atom. The van der Waals surface area contributed by atoms with Crippen molar-refractivity contribution in [1.29, 1.82) is 0 Å². The van der Waals surface area contributed by atoms with Gasteiger partial charge in [0.15, 0.2) is 0 Å². The summed E-state index contributed by atoms with van der Waals surface area (Å²) in [5, 5.41) is 13.9. The van der Waals surface area contributed by atoms with Crippen molar-refractivity contribution in [3.05, 3.63) is 137 Å². The zero-order valence-electron chi connectivity index (χ0n) is 24.5. The molecule has 2 unspecified atom stereocenters. The van der Waals surface area contributed by atoms with Crippen LogP contribution in [-0.2, 0) is 10.8 Å². The summed E-state index contributed by atoms with van der Waals surface area (Å²) in [7, 11) is 0. The lowest BCUT2D eigenvalue weighted by Gasteiger charge is -2.34. The molecule has 200 valence electrons. The first-order chi connectivity index (χ1) is 20.4. The maximum absolute atomic E-state index is 2.70. The van der Waals surface area contributed by atoms with E-state index in [0.29, 0.717) is 11.8 Å². The number of hydrogen-bond donors (Lipinski definition) is 0. The van der Waals surface area contributed by atoms with E-state index in [4.69, 9.17) is 0 Å². The highest BCUT2D eigenvalue weighted by Crippen LogP contribution is 2.63. The molecule has 0 aliphatic heterocycles. The molecule has 0 N–H and O–H groups in total. The predicted molar refractivity (Wildman–Crippen MR) is 180 cm³/mol. The summed E-state index contributed by atoms with van der Waals surface area (Å²) < 4.78 is 0. The maximum atomic E-state index is 2.70. The number of rotatable bonds is 0. The highest BCUT2D eigenvalue weighted by atomic mass is 14.5. The minimum atomic E-state index is -0.0594. The molecular weight excluding hydrogens is 504 g/mol. The lowest BCUT2D eigenvalue weighted by molar-refractivity contribution is 0.395. The van der Waals surface area contributed by atoms with Crippen LogP contribution in [0.2, 0.25) is 0 Å². The molecule has 0 saturated carbocycles. The van der Waals surface area contributed by atoms with E-state index in [2.05, 4.69) is 137 Å². The van der Waals surface area contributed by atoms with E-state index in [1.807, 2.05) is 0 Å². The Morgan fingerprint density at radius 1 is 0.548 bits per heavy atom. The third-order valence-corrected chi connectivity index (χ3v) is 11.4. The Balaban J connectivity index is 1.31. The molecule has 0 amide bonds. The van der Waals surface area contributed by atoms with Gasteiger partial charge in [-0.25, -0.2) is 0 Å². The van der Waals surface area contributed by atoms with Crippen molar-refractivity contribution in [2.75, 3.05) is 0 Å². The minimum absolute atomic E-state index is 0.00927. The fourth-order valence-corrected chi connectivity index (χ4v) is 9.54. The number of allylic oxidation sites excluding steroid dienone is 4. The molecule has 0 heterocycles. The molecule has 0 nitrogen and oxygen atoms in total. The van der Waals surface area contributed by atoms with E-state index in [9.17, 15) is 0 Å². The van der Waals surface area contributed by atoms with E-state index in [-0.39, 0.29) is 10.8 Å². The van der Waals surface area contributed by atoms with Gasteiger partial charge in [-0.1, -0.05) is 131 Å². The molecule has 0 bridgehead atoms. The Labute approximate surface area is 246 Å². The topological polar surface area (TPSA) is 0 Å².